The third-order valence-corrected chi connectivity index (χ3v) is 3.22. The highest BCUT2D eigenvalue weighted by Gasteiger charge is 2.18. The Morgan fingerprint density at radius 2 is 1.87 bits per heavy atom. The van der Waals surface area contributed by atoms with Gasteiger partial charge in [0.25, 0.3) is 5.91 Å². The second kappa shape index (κ2) is 9.55. The molecular weight excluding hydrogens is 303 g/mol. The van der Waals surface area contributed by atoms with Gasteiger partial charge in [-0.2, -0.15) is 0 Å². The summed E-state index contributed by atoms with van der Waals surface area (Å²) < 4.78 is 12.8. The summed E-state index contributed by atoms with van der Waals surface area (Å²) >= 11 is 0. The number of carbonyl (C=O) groups excluding carboxylic acids is 2. The van der Waals surface area contributed by atoms with Crippen LogP contribution in [0.15, 0.2) is 24.3 Å². The summed E-state index contributed by atoms with van der Waals surface area (Å²) in [5, 5.41) is 14.0. The Kier molecular flexibility index (Phi) is 7.73. The van der Waals surface area contributed by atoms with E-state index in [2.05, 4.69) is 10.6 Å². The van der Waals surface area contributed by atoms with Crippen LogP contribution in [-0.2, 0) is 9.59 Å². The van der Waals surface area contributed by atoms with Crippen molar-refractivity contribution < 1.29 is 23.9 Å². The number of carbonyl (C=O) groups is 3. The fourth-order valence-corrected chi connectivity index (χ4v) is 1.93. The maximum Gasteiger partial charge on any atom is 0.326 e. The lowest BCUT2D eigenvalue weighted by atomic mass is 10.1. The molecule has 1 atom stereocenters. The van der Waals surface area contributed by atoms with Crippen LogP contribution in [0.1, 0.15) is 43.0 Å². The number of halogens is 1. The van der Waals surface area contributed by atoms with Gasteiger partial charge in [-0.15, -0.1) is 0 Å². The maximum absolute atomic E-state index is 12.8. The van der Waals surface area contributed by atoms with Gasteiger partial charge >= 0.3 is 5.97 Å². The van der Waals surface area contributed by atoms with Crippen molar-refractivity contribution in [2.24, 2.45) is 0 Å². The van der Waals surface area contributed by atoms with Crippen molar-refractivity contribution in [2.45, 2.75) is 38.6 Å². The minimum atomic E-state index is -1.07. The molecule has 2 amide bonds. The molecule has 0 saturated carbocycles. The first-order valence-electron chi connectivity index (χ1n) is 7.50. The molecule has 0 bridgehead atoms. The highest BCUT2D eigenvalue weighted by Crippen LogP contribution is 2.03. The molecule has 6 nitrogen and oxygen atoms in total. The Morgan fingerprint density at radius 3 is 2.43 bits per heavy atom. The lowest BCUT2D eigenvalue weighted by Crippen LogP contribution is -2.41. The summed E-state index contributed by atoms with van der Waals surface area (Å²) in [5.74, 6) is -2.36. The lowest BCUT2D eigenvalue weighted by Gasteiger charge is -2.14. The predicted molar refractivity (Wildman–Crippen MR) is 82.4 cm³/mol. The molecule has 1 aromatic rings. The molecule has 0 aliphatic rings. The average molecular weight is 324 g/mol. The quantitative estimate of drug-likeness (QED) is 0.644. The van der Waals surface area contributed by atoms with Crippen LogP contribution < -0.4 is 10.6 Å². The predicted octanol–water partition coefficient (Wildman–Crippen LogP) is 1.71. The van der Waals surface area contributed by atoms with Crippen LogP contribution in [0.2, 0.25) is 0 Å². The first-order valence-corrected chi connectivity index (χ1v) is 7.50. The number of carboxylic acid groups (broad SMARTS) is 1. The van der Waals surface area contributed by atoms with Crippen LogP contribution in [0.4, 0.5) is 4.39 Å². The van der Waals surface area contributed by atoms with E-state index in [1.165, 1.54) is 24.3 Å². The number of hydrogen-bond donors (Lipinski definition) is 3. The van der Waals surface area contributed by atoms with E-state index in [9.17, 15) is 18.8 Å². The number of nitrogens with one attached hydrogen (secondary N) is 2. The van der Waals surface area contributed by atoms with Crippen molar-refractivity contribution in [3.63, 3.8) is 0 Å². The van der Waals surface area contributed by atoms with Crippen LogP contribution in [0.3, 0.4) is 0 Å². The largest absolute Gasteiger partial charge is 0.480 e. The molecule has 0 aromatic heterocycles. The molecule has 0 fully saturated rings. The van der Waals surface area contributed by atoms with Crippen LogP contribution in [0.25, 0.3) is 0 Å². The van der Waals surface area contributed by atoms with Crippen molar-refractivity contribution in [1.82, 2.24) is 10.6 Å². The molecule has 126 valence electrons. The Labute approximate surface area is 134 Å². The average Bonchev–Trinajstić information content (AvgIpc) is 2.51. The SMILES string of the molecule is CCCCC(NC(=O)CCNC(=O)c1ccc(F)cc1)C(=O)O. The summed E-state index contributed by atoms with van der Waals surface area (Å²) in [7, 11) is 0. The highest BCUT2D eigenvalue weighted by atomic mass is 19.1. The Hall–Kier alpha value is -2.44. The number of carboxylic acids is 1. The van der Waals surface area contributed by atoms with Gasteiger partial charge in [0, 0.05) is 18.5 Å². The first-order chi connectivity index (χ1) is 10.9. The minimum absolute atomic E-state index is 0.0250. The third-order valence-electron chi connectivity index (χ3n) is 3.22. The zero-order valence-corrected chi connectivity index (χ0v) is 13.0. The van der Waals surface area contributed by atoms with E-state index in [0.29, 0.717) is 12.8 Å². The van der Waals surface area contributed by atoms with Gasteiger partial charge in [0.05, 0.1) is 0 Å². The number of unbranched alkanes of at least 4 members (excludes halogenated alkanes) is 1. The molecule has 0 spiro atoms. The molecular formula is C16H21FN2O4. The molecule has 0 radical (unpaired) electrons. The minimum Gasteiger partial charge on any atom is -0.480 e. The monoisotopic (exact) mass is 324 g/mol. The number of benzene rings is 1. The summed E-state index contributed by atoms with van der Waals surface area (Å²) in [6.45, 7) is 2.01. The summed E-state index contributed by atoms with van der Waals surface area (Å²) in [4.78, 5) is 34.5. The molecule has 23 heavy (non-hydrogen) atoms. The normalized spacial score (nSPS) is 11.6. The maximum atomic E-state index is 12.8. The van der Waals surface area contributed by atoms with Gasteiger partial charge in [-0.25, -0.2) is 9.18 Å². The zero-order valence-electron chi connectivity index (χ0n) is 13.0. The van der Waals surface area contributed by atoms with E-state index >= 15 is 0 Å². The van der Waals surface area contributed by atoms with Gasteiger partial charge < -0.3 is 15.7 Å². The molecule has 0 heterocycles. The third kappa shape index (κ3) is 6.90. The van der Waals surface area contributed by atoms with Gasteiger partial charge in [-0.1, -0.05) is 19.8 Å². The molecule has 1 unspecified atom stereocenters. The molecule has 1 rings (SSSR count). The molecule has 0 aliphatic carbocycles. The molecule has 0 aliphatic heterocycles. The number of rotatable bonds is 9. The standard InChI is InChI=1S/C16H21FN2O4/c1-2-3-4-13(16(22)23)19-14(20)9-10-18-15(21)11-5-7-12(17)8-6-11/h5-8,13H,2-4,9-10H2,1H3,(H,18,21)(H,19,20)(H,22,23). The number of hydrogen-bond acceptors (Lipinski definition) is 3. The summed E-state index contributed by atoms with van der Waals surface area (Å²) in [6, 6.07) is 4.13. The zero-order chi connectivity index (χ0) is 17.2. The van der Waals surface area contributed by atoms with E-state index in [1.54, 1.807) is 0 Å². The van der Waals surface area contributed by atoms with E-state index in [0.717, 1.165) is 6.42 Å². The molecule has 1 aromatic carbocycles. The fourth-order valence-electron chi connectivity index (χ4n) is 1.93. The Balaban J connectivity index is 2.36. The highest BCUT2D eigenvalue weighted by molar-refractivity contribution is 5.94. The van der Waals surface area contributed by atoms with Crippen molar-refractivity contribution >= 4 is 17.8 Å². The smallest absolute Gasteiger partial charge is 0.326 e. The summed E-state index contributed by atoms with van der Waals surface area (Å²) in [6.07, 6.45) is 1.90. The summed E-state index contributed by atoms with van der Waals surface area (Å²) in [5.41, 5.74) is 0.290. The van der Waals surface area contributed by atoms with Crippen molar-refractivity contribution in [2.75, 3.05) is 6.54 Å². The molecule has 7 heteroatoms. The van der Waals surface area contributed by atoms with Crippen LogP contribution in [0, 0.1) is 5.82 Å². The van der Waals surface area contributed by atoms with Gasteiger partial charge in [-0.05, 0) is 30.7 Å². The molecule has 0 saturated heterocycles. The lowest BCUT2D eigenvalue weighted by molar-refractivity contribution is -0.142. The fraction of sp³-hybridized carbons (Fsp3) is 0.438. The van der Waals surface area contributed by atoms with Crippen molar-refractivity contribution in [1.29, 1.82) is 0 Å². The number of amides is 2. The van der Waals surface area contributed by atoms with E-state index in [4.69, 9.17) is 5.11 Å². The van der Waals surface area contributed by atoms with Crippen molar-refractivity contribution in [3.05, 3.63) is 35.6 Å². The van der Waals surface area contributed by atoms with Crippen LogP contribution in [-0.4, -0.2) is 35.5 Å². The van der Waals surface area contributed by atoms with Gasteiger partial charge in [0.2, 0.25) is 5.91 Å². The van der Waals surface area contributed by atoms with Crippen LogP contribution >= 0.6 is 0 Å². The molecule has 3 N–H and O–H groups in total. The topological polar surface area (TPSA) is 95.5 Å². The second-order valence-electron chi connectivity index (χ2n) is 5.11. The van der Waals surface area contributed by atoms with Crippen LogP contribution in [0.5, 0.6) is 0 Å². The van der Waals surface area contributed by atoms with Crippen molar-refractivity contribution in [3.8, 4) is 0 Å². The van der Waals surface area contributed by atoms with Gasteiger partial charge in [0.15, 0.2) is 0 Å². The first kappa shape index (κ1) is 18.6. The van der Waals surface area contributed by atoms with Gasteiger partial charge in [-0.3, -0.25) is 9.59 Å². The van der Waals surface area contributed by atoms with E-state index in [-0.39, 0.29) is 18.5 Å². The van der Waals surface area contributed by atoms with E-state index < -0.39 is 29.6 Å². The Morgan fingerprint density at radius 1 is 1.22 bits per heavy atom. The number of aliphatic carboxylic acids is 1. The van der Waals surface area contributed by atoms with E-state index in [1.807, 2.05) is 6.92 Å². The second-order valence-corrected chi connectivity index (χ2v) is 5.11. The Bertz CT molecular complexity index is 546. The van der Waals surface area contributed by atoms with Gasteiger partial charge in [0.1, 0.15) is 11.9 Å².